The van der Waals surface area contributed by atoms with Gasteiger partial charge < -0.3 is 19.3 Å². The molecule has 4 nitrogen and oxygen atoms in total. The van der Waals surface area contributed by atoms with E-state index in [2.05, 4.69) is 243 Å². The Morgan fingerprint density at radius 2 is 0.910 bits per heavy atom. The molecule has 3 aliphatic heterocycles. The first-order valence-electron chi connectivity index (χ1n) is 23.9. The summed E-state index contributed by atoms with van der Waals surface area (Å²) in [5.74, 6) is 1.57. The minimum atomic E-state index is -0.0730. The van der Waals surface area contributed by atoms with Gasteiger partial charge in [0, 0.05) is 28.4 Å². The first kappa shape index (κ1) is 42.6. The summed E-state index contributed by atoms with van der Waals surface area (Å²) in [5, 5.41) is 0. The quantitative estimate of drug-likeness (QED) is 0.161. The summed E-state index contributed by atoms with van der Waals surface area (Å²) in [7, 11) is 0. The number of rotatable bonds is 5. The highest BCUT2D eigenvalue weighted by Gasteiger charge is 2.46. The van der Waals surface area contributed by atoms with Crippen LogP contribution in [0.4, 0.5) is 34.1 Å². The predicted octanol–water partition coefficient (Wildman–Crippen LogP) is 14.7. The summed E-state index contributed by atoms with van der Waals surface area (Å²) in [6.07, 6.45) is 0. The van der Waals surface area contributed by atoms with Gasteiger partial charge in [-0.1, -0.05) is 172 Å². The minimum absolute atomic E-state index is 0.0505. The molecule has 0 radical (unpaired) electrons. The molecule has 0 fully saturated rings. The van der Waals surface area contributed by atoms with Crippen molar-refractivity contribution >= 4 is 57.2 Å². The van der Waals surface area contributed by atoms with Crippen LogP contribution in [0.1, 0.15) is 84.6 Å². The molecule has 3 heterocycles. The van der Waals surface area contributed by atoms with Crippen molar-refractivity contribution in [1.29, 1.82) is 0 Å². The van der Waals surface area contributed by atoms with Crippen LogP contribution in [0.3, 0.4) is 0 Å². The summed E-state index contributed by atoms with van der Waals surface area (Å²) in [6.45, 7) is 22.9. The zero-order valence-electron chi connectivity index (χ0n) is 40.6. The molecule has 5 heteroatoms. The van der Waals surface area contributed by atoms with Crippen LogP contribution >= 0.6 is 0 Å². The van der Waals surface area contributed by atoms with Gasteiger partial charge in [-0.25, -0.2) is 0 Å². The Balaban J connectivity index is 1.20. The highest BCUT2D eigenvalue weighted by molar-refractivity contribution is 7.00. The van der Waals surface area contributed by atoms with Crippen LogP contribution in [0.2, 0.25) is 0 Å². The van der Waals surface area contributed by atoms with Crippen molar-refractivity contribution in [3.05, 3.63) is 186 Å². The lowest BCUT2D eigenvalue weighted by Gasteiger charge is -2.44. The molecule has 0 N–H and O–H groups in total. The number of ether oxygens (including phenoxy) is 2. The van der Waals surface area contributed by atoms with Crippen molar-refractivity contribution in [1.82, 2.24) is 0 Å². The van der Waals surface area contributed by atoms with Crippen LogP contribution in [0.15, 0.2) is 164 Å². The average Bonchev–Trinajstić information content (AvgIpc) is 3.80. The average molecular weight is 875 g/mol. The Labute approximate surface area is 397 Å². The third kappa shape index (κ3) is 7.40. The number of hydrogen-bond donors (Lipinski definition) is 0. The van der Waals surface area contributed by atoms with Crippen molar-refractivity contribution in [3.63, 3.8) is 0 Å². The lowest BCUT2D eigenvalue weighted by atomic mass is 9.33. The molecule has 0 aliphatic carbocycles. The van der Waals surface area contributed by atoms with E-state index in [0.29, 0.717) is 0 Å². The number of benzene rings is 8. The van der Waals surface area contributed by atoms with E-state index in [0.717, 1.165) is 39.9 Å². The topological polar surface area (TPSA) is 24.9 Å². The fourth-order valence-electron chi connectivity index (χ4n) is 10.4. The number of nitrogens with zero attached hydrogens (tertiary/aromatic N) is 2. The summed E-state index contributed by atoms with van der Waals surface area (Å²) < 4.78 is 12.5. The van der Waals surface area contributed by atoms with Crippen molar-refractivity contribution in [2.75, 3.05) is 16.6 Å². The maximum absolute atomic E-state index is 6.41. The molecule has 8 aromatic carbocycles. The van der Waals surface area contributed by atoms with Gasteiger partial charge in [0.1, 0.15) is 0 Å². The fourth-order valence-corrected chi connectivity index (χ4v) is 10.4. The van der Waals surface area contributed by atoms with Crippen LogP contribution in [0, 0.1) is 6.92 Å². The van der Waals surface area contributed by atoms with E-state index in [1.807, 2.05) is 0 Å². The first-order chi connectivity index (χ1) is 32.0. The summed E-state index contributed by atoms with van der Waals surface area (Å²) in [5.41, 5.74) is 22.8. The molecule has 67 heavy (non-hydrogen) atoms. The first-order valence-corrected chi connectivity index (χ1v) is 23.9. The Bertz CT molecular complexity index is 3130. The molecule has 0 aromatic heterocycles. The molecule has 0 saturated heterocycles. The van der Waals surface area contributed by atoms with Gasteiger partial charge in [-0.2, -0.15) is 0 Å². The molecule has 332 valence electrons. The molecule has 0 atom stereocenters. The van der Waals surface area contributed by atoms with Gasteiger partial charge in [0.2, 0.25) is 6.79 Å². The minimum Gasteiger partial charge on any atom is -0.454 e. The van der Waals surface area contributed by atoms with E-state index < -0.39 is 0 Å². The molecular weight excluding hydrogens is 816 g/mol. The van der Waals surface area contributed by atoms with Crippen molar-refractivity contribution in [2.45, 2.75) is 85.5 Å². The maximum Gasteiger partial charge on any atom is 0.252 e. The number of para-hydroxylation sites is 1. The van der Waals surface area contributed by atoms with Crippen LogP contribution in [0.25, 0.3) is 33.4 Å². The highest BCUT2D eigenvalue weighted by Crippen LogP contribution is 2.51. The van der Waals surface area contributed by atoms with E-state index in [-0.39, 0.29) is 29.8 Å². The normalized spacial score (nSPS) is 13.9. The lowest BCUT2D eigenvalue weighted by molar-refractivity contribution is 0.174. The summed E-state index contributed by atoms with van der Waals surface area (Å²) in [4.78, 5) is 4.97. The second-order valence-electron chi connectivity index (χ2n) is 21.9. The van der Waals surface area contributed by atoms with Crippen LogP contribution in [0.5, 0.6) is 11.5 Å². The van der Waals surface area contributed by atoms with Gasteiger partial charge in [-0.15, -0.1) is 0 Å². The maximum atomic E-state index is 6.41. The molecule has 3 aliphatic rings. The summed E-state index contributed by atoms with van der Waals surface area (Å²) in [6, 6.07) is 61.8. The Kier molecular flexibility index (Phi) is 9.90. The highest BCUT2D eigenvalue weighted by atomic mass is 16.7. The second-order valence-corrected chi connectivity index (χ2v) is 21.9. The van der Waals surface area contributed by atoms with E-state index in [1.165, 1.54) is 77.7 Å². The molecule has 0 saturated carbocycles. The van der Waals surface area contributed by atoms with Crippen molar-refractivity contribution in [2.24, 2.45) is 0 Å². The van der Waals surface area contributed by atoms with Crippen LogP contribution < -0.4 is 35.7 Å². The molecule has 0 spiro atoms. The predicted molar refractivity (Wildman–Crippen MR) is 284 cm³/mol. The fraction of sp³-hybridized carbons (Fsp3) is 0.226. The monoisotopic (exact) mass is 874 g/mol. The molecule has 11 rings (SSSR count). The number of aryl methyl sites for hydroxylation is 1. The molecular formula is C62H59BN2O2. The molecule has 0 bridgehead atoms. The van der Waals surface area contributed by atoms with E-state index in [4.69, 9.17) is 9.47 Å². The van der Waals surface area contributed by atoms with Crippen molar-refractivity contribution < 1.29 is 9.47 Å². The third-order valence-corrected chi connectivity index (χ3v) is 14.2. The zero-order valence-corrected chi connectivity index (χ0v) is 40.6. The van der Waals surface area contributed by atoms with E-state index >= 15 is 0 Å². The zero-order chi connectivity index (χ0) is 46.6. The largest absolute Gasteiger partial charge is 0.454 e. The van der Waals surface area contributed by atoms with Gasteiger partial charge in [-0.05, 0) is 150 Å². The molecule has 0 unspecified atom stereocenters. The van der Waals surface area contributed by atoms with Gasteiger partial charge in [0.15, 0.2) is 11.5 Å². The van der Waals surface area contributed by atoms with Crippen LogP contribution in [-0.2, 0) is 16.2 Å². The number of hydrogen-bond acceptors (Lipinski definition) is 4. The molecule has 0 amide bonds. The smallest absolute Gasteiger partial charge is 0.252 e. The van der Waals surface area contributed by atoms with E-state index in [9.17, 15) is 0 Å². The standard InChI is InChI=1S/C62H59BN2O2/c1-39-32-54-57-55(33-39)65(49-14-12-11-13-15-49)58-52(30-31-56-59(58)67-38-66-56)63(57)51-29-22-43(40-16-23-46(24-17-40)60(2,3)4)37-53(51)64(54)50-35-44(41-18-25-47(26-19-41)61(5,6)7)34-45(36-50)42-20-27-48(28-21-42)62(8,9)10/h11-37H,38H2,1-10H3. The van der Waals surface area contributed by atoms with Crippen molar-refractivity contribution in [3.8, 4) is 44.9 Å². The third-order valence-electron chi connectivity index (χ3n) is 14.2. The number of fused-ring (bicyclic) bond motifs is 6. The number of anilines is 6. The van der Waals surface area contributed by atoms with Gasteiger partial charge in [0.25, 0.3) is 6.71 Å². The van der Waals surface area contributed by atoms with Gasteiger partial charge in [-0.3, -0.25) is 0 Å². The Morgan fingerprint density at radius 1 is 0.418 bits per heavy atom. The second kappa shape index (κ2) is 15.6. The lowest BCUT2D eigenvalue weighted by Crippen LogP contribution is -2.61. The summed E-state index contributed by atoms with van der Waals surface area (Å²) >= 11 is 0. The SMILES string of the molecule is Cc1cc2c3c(c1)N(c1ccccc1)c1c(ccc4c1OCO4)B3c1ccc(-c3ccc(C(C)(C)C)cc3)cc1N2c1cc(-c2ccc(C(C)(C)C)cc2)cc(-c2ccc(C(C)(C)C)cc2)c1. The Morgan fingerprint density at radius 3 is 1.45 bits per heavy atom. The van der Waals surface area contributed by atoms with Gasteiger partial charge >= 0.3 is 0 Å². The van der Waals surface area contributed by atoms with Gasteiger partial charge in [0.05, 0.1) is 5.69 Å². The van der Waals surface area contributed by atoms with E-state index in [1.54, 1.807) is 0 Å². The Hall–Kier alpha value is -6.98. The molecule has 8 aromatic rings. The van der Waals surface area contributed by atoms with Crippen LogP contribution in [-0.4, -0.2) is 13.5 Å².